The quantitative estimate of drug-likeness (QED) is 0.670. The van der Waals surface area contributed by atoms with Crippen LogP contribution in [0, 0.1) is 11.3 Å². The fraction of sp³-hybridized carbons (Fsp3) is 0.0909. The van der Waals surface area contributed by atoms with E-state index in [9.17, 15) is 4.79 Å². The van der Waals surface area contributed by atoms with E-state index in [4.69, 9.17) is 5.26 Å². The average molecular weight is 184 g/mol. The van der Waals surface area contributed by atoms with Crippen molar-refractivity contribution in [2.75, 3.05) is 0 Å². The van der Waals surface area contributed by atoms with Crippen LogP contribution < -0.4 is 0 Å². The summed E-state index contributed by atoms with van der Waals surface area (Å²) in [5.41, 5.74) is 1.48. The zero-order valence-electron chi connectivity index (χ0n) is 7.47. The van der Waals surface area contributed by atoms with Crippen molar-refractivity contribution in [3.05, 3.63) is 36.0 Å². The number of para-hydroxylation sites is 1. The predicted octanol–water partition coefficient (Wildman–Crippen LogP) is 1.98. The molecular formula is C11H8N2O. The van der Waals surface area contributed by atoms with Gasteiger partial charge in [-0.05, 0) is 12.1 Å². The number of fused-ring (bicyclic) bond motifs is 1. The number of carbonyl (C=O) groups is 1. The summed E-state index contributed by atoms with van der Waals surface area (Å²) in [6, 6.07) is 11.5. The van der Waals surface area contributed by atoms with Crippen molar-refractivity contribution in [3.8, 4) is 6.07 Å². The molecule has 1 aromatic carbocycles. The third-order valence-corrected chi connectivity index (χ3v) is 2.19. The van der Waals surface area contributed by atoms with Gasteiger partial charge in [0.2, 0.25) is 0 Å². The number of benzene rings is 1. The Bertz CT molecular complexity index is 520. The van der Waals surface area contributed by atoms with Crippen molar-refractivity contribution in [3.63, 3.8) is 0 Å². The van der Waals surface area contributed by atoms with Crippen LogP contribution in [0.25, 0.3) is 10.9 Å². The van der Waals surface area contributed by atoms with Gasteiger partial charge in [-0.15, -0.1) is 0 Å². The number of rotatable bonds is 2. The van der Waals surface area contributed by atoms with Crippen molar-refractivity contribution in [2.45, 2.75) is 6.54 Å². The van der Waals surface area contributed by atoms with E-state index in [0.29, 0.717) is 5.69 Å². The van der Waals surface area contributed by atoms with Crippen molar-refractivity contribution < 1.29 is 4.79 Å². The van der Waals surface area contributed by atoms with E-state index < -0.39 is 0 Å². The van der Waals surface area contributed by atoms with Gasteiger partial charge in [-0.1, -0.05) is 18.2 Å². The van der Waals surface area contributed by atoms with E-state index in [2.05, 4.69) is 0 Å². The molecule has 68 valence electrons. The monoisotopic (exact) mass is 184 g/mol. The molecule has 2 aromatic rings. The van der Waals surface area contributed by atoms with Gasteiger partial charge in [-0.2, -0.15) is 5.26 Å². The number of hydrogen-bond acceptors (Lipinski definition) is 2. The molecule has 0 aliphatic carbocycles. The Morgan fingerprint density at radius 2 is 2.21 bits per heavy atom. The number of carbonyl (C=O) groups excluding carboxylic acids is 1. The predicted molar refractivity (Wildman–Crippen MR) is 52.9 cm³/mol. The maximum atomic E-state index is 10.7. The third kappa shape index (κ3) is 1.17. The normalized spacial score (nSPS) is 9.93. The van der Waals surface area contributed by atoms with Crippen LogP contribution in [0.5, 0.6) is 0 Å². The largest absolute Gasteiger partial charge is 0.324 e. The van der Waals surface area contributed by atoms with Crippen LogP contribution in [0.4, 0.5) is 0 Å². The smallest absolute Gasteiger partial charge is 0.166 e. The number of hydrogen-bond donors (Lipinski definition) is 0. The molecule has 3 heteroatoms. The van der Waals surface area contributed by atoms with Crippen LogP contribution in [0.3, 0.4) is 0 Å². The number of aldehydes is 1. The highest BCUT2D eigenvalue weighted by Crippen LogP contribution is 2.18. The van der Waals surface area contributed by atoms with Crippen LogP contribution >= 0.6 is 0 Å². The molecule has 0 atom stereocenters. The van der Waals surface area contributed by atoms with Crippen molar-refractivity contribution in [2.24, 2.45) is 0 Å². The molecule has 0 N–H and O–H groups in total. The van der Waals surface area contributed by atoms with Gasteiger partial charge >= 0.3 is 0 Å². The molecule has 0 aliphatic rings. The summed E-state index contributed by atoms with van der Waals surface area (Å²) in [5.74, 6) is 0. The fourth-order valence-electron chi connectivity index (χ4n) is 1.58. The number of nitriles is 1. The topological polar surface area (TPSA) is 45.8 Å². The Morgan fingerprint density at radius 1 is 1.43 bits per heavy atom. The lowest BCUT2D eigenvalue weighted by Crippen LogP contribution is -1.99. The first-order valence-corrected chi connectivity index (χ1v) is 4.27. The van der Waals surface area contributed by atoms with Crippen LogP contribution in [0.2, 0.25) is 0 Å². The summed E-state index contributed by atoms with van der Waals surface area (Å²) in [5, 5.41) is 9.62. The van der Waals surface area contributed by atoms with Crippen LogP contribution in [0.1, 0.15) is 10.5 Å². The highest BCUT2D eigenvalue weighted by atomic mass is 16.1. The average Bonchev–Trinajstić information content (AvgIpc) is 2.58. The van der Waals surface area contributed by atoms with Gasteiger partial charge in [-0.3, -0.25) is 4.79 Å². The van der Waals surface area contributed by atoms with Gasteiger partial charge in [-0.25, -0.2) is 0 Å². The summed E-state index contributed by atoms with van der Waals surface area (Å²) in [4.78, 5) is 10.7. The number of aromatic nitrogens is 1. The maximum absolute atomic E-state index is 10.7. The molecule has 0 saturated heterocycles. The zero-order chi connectivity index (χ0) is 9.97. The van der Waals surface area contributed by atoms with Gasteiger partial charge in [0.1, 0.15) is 6.54 Å². The molecule has 2 rings (SSSR count). The van der Waals surface area contributed by atoms with Crippen molar-refractivity contribution >= 4 is 17.2 Å². The van der Waals surface area contributed by atoms with E-state index in [-0.39, 0.29) is 6.54 Å². The number of nitrogens with zero attached hydrogens (tertiary/aromatic N) is 2. The Morgan fingerprint density at radius 3 is 2.93 bits per heavy atom. The molecule has 3 nitrogen and oxygen atoms in total. The fourth-order valence-corrected chi connectivity index (χ4v) is 1.58. The maximum Gasteiger partial charge on any atom is 0.166 e. The summed E-state index contributed by atoms with van der Waals surface area (Å²) < 4.78 is 1.71. The Hall–Kier alpha value is -2.08. The van der Waals surface area contributed by atoms with Gasteiger partial charge in [0, 0.05) is 10.9 Å². The molecule has 0 spiro atoms. The van der Waals surface area contributed by atoms with E-state index in [1.165, 1.54) is 0 Å². The van der Waals surface area contributed by atoms with Gasteiger partial charge < -0.3 is 4.57 Å². The van der Waals surface area contributed by atoms with E-state index >= 15 is 0 Å². The minimum atomic E-state index is 0.210. The SMILES string of the molecule is N#CCn1c(C=O)cc2ccccc21. The molecule has 0 radical (unpaired) electrons. The lowest BCUT2D eigenvalue weighted by atomic mass is 10.2. The first kappa shape index (κ1) is 8.52. The first-order chi connectivity index (χ1) is 6.86. The molecule has 1 heterocycles. The minimum absolute atomic E-state index is 0.210. The first-order valence-electron chi connectivity index (χ1n) is 4.27. The standard InChI is InChI=1S/C11H8N2O/c12-5-6-13-10(8-14)7-9-3-1-2-4-11(9)13/h1-4,7-8H,6H2. The third-order valence-electron chi connectivity index (χ3n) is 2.19. The van der Waals surface area contributed by atoms with Crippen LogP contribution in [-0.2, 0) is 6.54 Å². The molecule has 0 bridgehead atoms. The van der Waals surface area contributed by atoms with Crippen molar-refractivity contribution in [1.29, 1.82) is 5.26 Å². The second kappa shape index (κ2) is 3.35. The van der Waals surface area contributed by atoms with E-state index in [0.717, 1.165) is 17.2 Å². The van der Waals surface area contributed by atoms with Gasteiger partial charge in [0.15, 0.2) is 6.29 Å². The summed E-state index contributed by atoms with van der Waals surface area (Å²) in [6.45, 7) is 0.210. The Kier molecular flexibility index (Phi) is 2.04. The molecule has 14 heavy (non-hydrogen) atoms. The van der Waals surface area contributed by atoms with E-state index in [1.807, 2.05) is 30.3 Å². The summed E-state index contributed by atoms with van der Waals surface area (Å²) >= 11 is 0. The van der Waals surface area contributed by atoms with E-state index in [1.54, 1.807) is 10.6 Å². The molecule has 0 aliphatic heterocycles. The molecule has 0 unspecified atom stereocenters. The van der Waals surface area contributed by atoms with Crippen molar-refractivity contribution in [1.82, 2.24) is 4.57 Å². The molecule has 1 aromatic heterocycles. The zero-order valence-corrected chi connectivity index (χ0v) is 7.47. The summed E-state index contributed by atoms with van der Waals surface area (Å²) in [6.07, 6.45) is 0.775. The molecule has 0 fully saturated rings. The lowest BCUT2D eigenvalue weighted by Gasteiger charge is -1.99. The van der Waals surface area contributed by atoms with Gasteiger partial charge in [0.25, 0.3) is 0 Å². The lowest BCUT2D eigenvalue weighted by molar-refractivity contribution is 0.111. The second-order valence-electron chi connectivity index (χ2n) is 2.99. The molecule has 0 saturated carbocycles. The Balaban J connectivity index is 2.75. The van der Waals surface area contributed by atoms with Crippen LogP contribution in [-0.4, -0.2) is 10.9 Å². The highest BCUT2D eigenvalue weighted by molar-refractivity contribution is 5.88. The highest BCUT2D eigenvalue weighted by Gasteiger charge is 2.05. The second-order valence-corrected chi connectivity index (χ2v) is 2.99. The molecular weight excluding hydrogens is 176 g/mol. The Labute approximate surface area is 81.2 Å². The molecule has 0 amide bonds. The minimum Gasteiger partial charge on any atom is -0.324 e. The van der Waals surface area contributed by atoms with Gasteiger partial charge in [0.05, 0.1) is 11.8 Å². The van der Waals surface area contributed by atoms with Crippen LogP contribution in [0.15, 0.2) is 30.3 Å². The summed E-state index contributed by atoms with van der Waals surface area (Å²) in [7, 11) is 0.